The van der Waals surface area contributed by atoms with Gasteiger partial charge in [-0.15, -0.1) is 0 Å². The Morgan fingerprint density at radius 2 is 1.73 bits per heavy atom. The van der Waals surface area contributed by atoms with Crippen LogP contribution >= 0.6 is 0 Å². The van der Waals surface area contributed by atoms with Gasteiger partial charge in [-0.2, -0.15) is 9.61 Å². The molecule has 5 rings (SSSR count). The molecule has 0 unspecified atom stereocenters. The lowest BCUT2D eigenvalue weighted by molar-refractivity contribution is -0.166. The molecule has 0 saturated carbocycles. The maximum absolute atomic E-state index is 14.5. The Labute approximate surface area is 328 Å². The number of allylic oxidation sites excluding steroid dienone is 1. The number of rotatable bonds is 15. The molecule has 55 heavy (non-hydrogen) atoms. The van der Waals surface area contributed by atoms with E-state index in [9.17, 15) is 9.18 Å². The van der Waals surface area contributed by atoms with Gasteiger partial charge in [0.25, 0.3) is 0 Å². The first-order valence-electron chi connectivity index (χ1n) is 20.2. The van der Waals surface area contributed by atoms with Crippen LogP contribution in [0.2, 0.25) is 0 Å². The molecule has 2 aliphatic rings. The Bertz CT molecular complexity index is 1810. The number of hydrogen-bond acceptors (Lipinski definition) is 9. The van der Waals surface area contributed by atoms with Gasteiger partial charge in [0.05, 0.1) is 40.3 Å². The van der Waals surface area contributed by atoms with Crippen LogP contribution in [-0.4, -0.2) is 76.4 Å². The van der Waals surface area contributed by atoms with E-state index >= 15 is 0 Å². The van der Waals surface area contributed by atoms with Gasteiger partial charge in [-0.1, -0.05) is 38.8 Å². The maximum Gasteiger partial charge on any atom is 0.495 e. The minimum atomic E-state index is -1.01. The van der Waals surface area contributed by atoms with Gasteiger partial charge in [0.1, 0.15) is 11.6 Å². The number of ether oxygens (including phenoxy) is 3. The van der Waals surface area contributed by atoms with Crippen LogP contribution in [0.3, 0.4) is 0 Å². The first-order valence-corrected chi connectivity index (χ1v) is 20.2. The van der Waals surface area contributed by atoms with Gasteiger partial charge in [0, 0.05) is 31.5 Å². The standard InChI is InChI=1S/C43H64BFN4O6/c1-13-51-39(50)37(53-40(5,6)7)36-30(4)46-35-28-33(19-16-18-31-20-21-32(45)27-34(31)44-54-41(8,9)42(10,11)55-44)47-49(35)38(36)48-24-22-43(12,23-25-48)52-26-15-14-17-29(2)3/h16,19-21,27-29,37H,13-15,17-18,22-26H2,1-12H3/t37-/m0/s1. The summed E-state index contributed by atoms with van der Waals surface area (Å²) >= 11 is 0. The molecule has 10 nitrogen and oxygen atoms in total. The molecule has 1 atom stereocenters. The number of carbonyl (C=O) groups excluding carboxylic acids is 1. The third-order valence-corrected chi connectivity index (χ3v) is 11.0. The lowest BCUT2D eigenvalue weighted by Crippen LogP contribution is -2.46. The van der Waals surface area contributed by atoms with Gasteiger partial charge in [0.15, 0.2) is 11.8 Å². The Morgan fingerprint density at radius 3 is 2.35 bits per heavy atom. The van der Waals surface area contributed by atoms with Crippen LogP contribution < -0.4 is 10.4 Å². The van der Waals surface area contributed by atoms with Gasteiger partial charge in [0.2, 0.25) is 0 Å². The van der Waals surface area contributed by atoms with E-state index < -0.39 is 36.0 Å². The summed E-state index contributed by atoms with van der Waals surface area (Å²) in [5.41, 5.74) is 2.26. The number of aryl methyl sites for hydroxylation is 1. The molecule has 12 heteroatoms. The number of esters is 1. The van der Waals surface area contributed by atoms with Crippen molar-refractivity contribution in [2.75, 3.05) is 31.2 Å². The second-order valence-electron chi connectivity index (χ2n) is 17.8. The lowest BCUT2D eigenvalue weighted by atomic mass is 9.75. The Balaban J connectivity index is 1.47. The number of fused-ring (bicyclic) bond motifs is 1. The number of unbranched alkanes of at least 4 members (excludes halogenated alkanes) is 1. The van der Waals surface area contributed by atoms with Crippen LogP contribution in [0, 0.1) is 18.7 Å². The molecule has 2 aromatic heterocycles. The fraction of sp³-hybridized carbons (Fsp3) is 0.651. The van der Waals surface area contributed by atoms with E-state index in [4.69, 9.17) is 33.6 Å². The van der Waals surface area contributed by atoms with E-state index in [0.717, 1.165) is 37.3 Å². The fourth-order valence-electron chi connectivity index (χ4n) is 7.18. The van der Waals surface area contributed by atoms with Crippen LogP contribution in [0.15, 0.2) is 30.3 Å². The zero-order valence-electron chi connectivity index (χ0n) is 35.4. The number of benzene rings is 1. The highest BCUT2D eigenvalue weighted by Crippen LogP contribution is 2.39. The highest BCUT2D eigenvalue weighted by Gasteiger charge is 2.52. The maximum atomic E-state index is 14.5. The molecule has 302 valence electrons. The van der Waals surface area contributed by atoms with Gasteiger partial charge < -0.3 is 28.4 Å². The normalized spacial score (nSPS) is 18.9. The first-order chi connectivity index (χ1) is 25.7. The summed E-state index contributed by atoms with van der Waals surface area (Å²) in [6.07, 6.45) is 8.52. The Hall–Kier alpha value is -3.32. The summed E-state index contributed by atoms with van der Waals surface area (Å²) in [7, 11) is -0.684. The van der Waals surface area contributed by atoms with Crippen molar-refractivity contribution in [3.05, 3.63) is 58.7 Å². The first kappa shape index (κ1) is 42.8. The highest BCUT2D eigenvalue weighted by atomic mass is 19.1. The molecule has 2 saturated heterocycles. The van der Waals surface area contributed by atoms with Crippen LogP contribution in [0.25, 0.3) is 11.7 Å². The van der Waals surface area contributed by atoms with Crippen molar-refractivity contribution in [2.24, 2.45) is 5.92 Å². The van der Waals surface area contributed by atoms with Gasteiger partial charge in [-0.3, -0.25) is 0 Å². The molecular formula is C43H64BFN4O6. The van der Waals surface area contributed by atoms with Crippen molar-refractivity contribution >= 4 is 36.1 Å². The van der Waals surface area contributed by atoms with E-state index in [-0.39, 0.29) is 18.0 Å². The number of piperidine rings is 1. The SMILES string of the molecule is CCOC(=O)[C@@H](OC(C)(C)C)c1c(C)nc2cc(C=CCc3ccc(F)cc3B3OC(C)(C)C(C)(C)O3)nn2c1N1CCC(C)(OCCCCC(C)C)CC1. The van der Waals surface area contributed by atoms with Crippen molar-refractivity contribution in [1.82, 2.24) is 14.6 Å². The largest absolute Gasteiger partial charge is 0.495 e. The molecule has 0 bridgehead atoms. The van der Waals surface area contributed by atoms with Gasteiger partial charge >= 0.3 is 13.1 Å². The van der Waals surface area contributed by atoms with Crippen molar-refractivity contribution < 1.29 is 32.7 Å². The predicted molar refractivity (Wildman–Crippen MR) is 217 cm³/mol. The Morgan fingerprint density at radius 1 is 1.05 bits per heavy atom. The second-order valence-corrected chi connectivity index (χ2v) is 17.8. The third-order valence-electron chi connectivity index (χ3n) is 11.0. The number of aromatic nitrogens is 3. The van der Waals surface area contributed by atoms with Crippen LogP contribution in [0.1, 0.15) is 137 Å². The number of nitrogens with zero attached hydrogens (tertiary/aromatic N) is 4. The zero-order valence-corrected chi connectivity index (χ0v) is 35.4. The molecule has 2 aliphatic heterocycles. The summed E-state index contributed by atoms with van der Waals surface area (Å²) in [6.45, 7) is 26.6. The summed E-state index contributed by atoms with van der Waals surface area (Å²) in [4.78, 5) is 20.9. The topological polar surface area (TPSA) is 96.7 Å². The fourth-order valence-corrected chi connectivity index (χ4v) is 7.18. The van der Waals surface area contributed by atoms with E-state index in [0.29, 0.717) is 53.5 Å². The molecule has 0 radical (unpaired) electrons. The molecule has 0 aliphatic carbocycles. The molecule has 4 heterocycles. The predicted octanol–water partition coefficient (Wildman–Crippen LogP) is 8.35. The number of anilines is 1. The number of carbonyl (C=O) groups is 1. The second kappa shape index (κ2) is 17.0. The average Bonchev–Trinajstić information content (AvgIpc) is 3.58. The van der Waals surface area contributed by atoms with Crippen LogP contribution in [-0.2, 0) is 34.7 Å². The van der Waals surface area contributed by atoms with Crippen molar-refractivity contribution in [3.63, 3.8) is 0 Å². The minimum Gasteiger partial charge on any atom is -0.464 e. The summed E-state index contributed by atoms with van der Waals surface area (Å²) in [5.74, 6) is 0.664. The Kier molecular flexibility index (Phi) is 13.3. The number of halogens is 1. The highest BCUT2D eigenvalue weighted by molar-refractivity contribution is 6.62. The van der Waals surface area contributed by atoms with E-state index in [1.807, 2.05) is 78.1 Å². The average molecular weight is 763 g/mol. The summed E-state index contributed by atoms with van der Waals surface area (Å²) in [6, 6.07) is 6.68. The van der Waals surface area contributed by atoms with Gasteiger partial charge in [-0.05, 0) is 130 Å². The van der Waals surface area contributed by atoms with Crippen molar-refractivity contribution in [2.45, 2.75) is 150 Å². The monoisotopic (exact) mass is 762 g/mol. The summed E-state index contributed by atoms with van der Waals surface area (Å²) < 4.78 is 47.5. The molecule has 0 N–H and O–H groups in total. The van der Waals surface area contributed by atoms with Gasteiger partial charge in [-0.25, -0.2) is 14.2 Å². The number of hydrogen-bond donors (Lipinski definition) is 0. The van der Waals surface area contributed by atoms with Crippen molar-refractivity contribution in [1.29, 1.82) is 0 Å². The third kappa shape index (κ3) is 10.4. The molecule has 0 spiro atoms. The van der Waals surface area contributed by atoms with Crippen LogP contribution in [0.4, 0.5) is 10.2 Å². The molecule has 3 aromatic rings. The minimum absolute atomic E-state index is 0.227. The lowest BCUT2D eigenvalue weighted by Gasteiger charge is -2.41. The van der Waals surface area contributed by atoms with E-state index in [1.165, 1.54) is 25.0 Å². The zero-order chi connectivity index (χ0) is 40.3. The van der Waals surface area contributed by atoms with E-state index in [1.54, 1.807) is 13.0 Å². The smallest absolute Gasteiger partial charge is 0.464 e. The van der Waals surface area contributed by atoms with Crippen LogP contribution in [0.5, 0.6) is 0 Å². The quantitative estimate of drug-likeness (QED) is 0.0860. The molecule has 2 fully saturated rings. The van der Waals surface area contributed by atoms with E-state index in [2.05, 4.69) is 25.7 Å². The molecular weight excluding hydrogens is 698 g/mol. The van der Waals surface area contributed by atoms with Crippen molar-refractivity contribution in [3.8, 4) is 0 Å². The summed E-state index contributed by atoms with van der Waals surface area (Å²) in [5, 5.41) is 5.06. The molecule has 1 aromatic carbocycles. The molecule has 0 amide bonds.